The van der Waals surface area contributed by atoms with E-state index in [0.717, 1.165) is 53.9 Å². The minimum absolute atomic E-state index is 0.0729. The average Bonchev–Trinajstić information content (AvgIpc) is 3.13. The summed E-state index contributed by atoms with van der Waals surface area (Å²) in [4.78, 5) is 17.7. The van der Waals surface area contributed by atoms with Crippen LogP contribution in [-0.2, 0) is 35.9 Å². The predicted molar refractivity (Wildman–Crippen MR) is 124 cm³/mol. The molecule has 1 aliphatic rings. The van der Waals surface area contributed by atoms with Gasteiger partial charge in [-0.3, -0.25) is 9.48 Å². The predicted octanol–water partition coefficient (Wildman–Crippen LogP) is 5.02. The van der Waals surface area contributed by atoms with Crippen LogP contribution >= 0.6 is 0 Å². The molecule has 0 spiro atoms. The van der Waals surface area contributed by atoms with Gasteiger partial charge in [0.15, 0.2) is 6.61 Å². The van der Waals surface area contributed by atoms with Gasteiger partial charge in [0, 0.05) is 18.7 Å². The van der Waals surface area contributed by atoms with Gasteiger partial charge in [0.2, 0.25) is 0 Å². The summed E-state index contributed by atoms with van der Waals surface area (Å²) in [5.41, 5.74) is 3.45. The maximum Gasteiger partial charge on any atom is 0.416 e. The third-order valence-corrected chi connectivity index (χ3v) is 5.57. The Bertz CT molecular complexity index is 1230. The number of aromatic nitrogens is 2. The van der Waals surface area contributed by atoms with E-state index in [1.54, 1.807) is 23.9 Å². The van der Waals surface area contributed by atoms with Crippen molar-refractivity contribution in [2.24, 2.45) is 12.2 Å². The van der Waals surface area contributed by atoms with Crippen molar-refractivity contribution in [3.05, 3.63) is 76.5 Å². The van der Waals surface area contributed by atoms with Gasteiger partial charge in [-0.25, -0.2) is 0 Å². The highest BCUT2D eigenvalue weighted by Gasteiger charge is 2.29. The molecule has 0 atom stereocenters. The van der Waals surface area contributed by atoms with Gasteiger partial charge in [-0.15, -0.1) is 0 Å². The molecule has 0 aliphatic heterocycles. The highest BCUT2D eigenvalue weighted by atomic mass is 19.4. The summed E-state index contributed by atoms with van der Waals surface area (Å²) in [6.45, 7) is 1.78. The number of anilines is 1. The molecular formula is C25H25F3N4O3. The van der Waals surface area contributed by atoms with Gasteiger partial charge in [0.05, 0.1) is 17.0 Å². The van der Waals surface area contributed by atoms with Crippen LogP contribution in [0, 0.1) is 6.92 Å². The summed E-state index contributed by atoms with van der Waals surface area (Å²) in [5, 5.41) is 11.2. The number of fused-ring (bicyclic) bond motifs is 1. The number of alkyl halides is 3. The van der Waals surface area contributed by atoms with Gasteiger partial charge in [-0.05, 0) is 67.6 Å². The summed E-state index contributed by atoms with van der Waals surface area (Å²) < 4.78 is 45.3. The number of halogens is 3. The van der Waals surface area contributed by atoms with E-state index in [1.807, 2.05) is 19.1 Å². The van der Waals surface area contributed by atoms with Crippen molar-refractivity contribution < 1.29 is 27.5 Å². The van der Waals surface area contributed by atoms with Gasteiger partial charge in [0.25, 0.3) is 5.91 Å². The highest BCUT2D eigenvalue weighted by molar-refractivity contribution is 6.02. The maximum atomic E-state index is 12.7. The van der Waals surface area contributed by atoms with E-state index in [0.29, 0.717) is 17.1 Å². The van der Waals surface area contributed by atoms with Crippen LogP contribution in [0.5, 0.6) is 5.75 Å². The zero-order valence-corrected chi connectivity index (χ0v) is 19.4. The van der Waals surface area contributed by atoms with Crippen LogP contribution in [0.15, 0.2) is 53.7 Å². The molecule has 4 rings (SSSR count). The monoisotopic (exact) mass is 486 g/mol. The van der Waals surface area contributed by atoms with E-state index in [9.17, 15) is 18.0 Å². The molecule has 0 unspecified atom stereocenters. The third kappa shape index (κ3) is 6.20. The Kier molecular flexibility index (Phi) is 7.09. The quantitative estimate of drug-likeness (QED) is 0.476. The number of benzene rings is 2. The number of rotatable bonds is 7. The lowest BCUT2D eigenvalue weighted by Gasteiger charge is -2.18. The molecule has 1 N–H and O–H groups in total. The highest BCUT2D eigenvalue weighted by Crippen LogP contribution is 2.29. The first-order valence-electron chi connectivity index (χ1n) is 11.1. The third-order valence-electron chi connectivity index (χ3n) is 5.57. The van der Waals surface area contributed by atoms with Crippen molar-refractivity contribution in [3.8, 4) is 5.75 Å². The maximum absolute atomic E-state index is 12.7. The summed E-state index contributed by atoms with van der Waals surface area (Å²) >= 11 is 0. The van der Waals surface area contributed by atoms with E-state index in [1.165, 1.54) is 12.1 Å². The molecule has 10 heteroatoms. The van der Waals surface area contributed by atoms with Gasteiger partial charge in [-0.1, -0.05) is 17.3 Å². The standard InChI is InChI=1S/C25H25F3N4O3/c1-16-12-23(32(2)30-16)29-24(33)15-34-20-10-11-21-18(13-20)4-3-5-22(21)31-35-14-17-6-8-19(9-7-17)25(26,27)28/h6-13H,3-5,14-15H2,1-2H3,(H,29,33). The number of nitrogens with zero attached hydrogens (tertiary/aromatic N) is 3. The second kappa shape index (κ2) is 10.2. The number of ether oxygens (including phenoxy) is 1. The minimum atomic E-state index is -4.36. The van der Waals surface area contributed by atoms with Crippen LogP contribution in [-0.4, -0.2) is 28.0 Å². The SMILES string of the molecule is Cc1cc(NC(=O)COc2ccc3c(c2)CCCC3=NOCc2ccc(C(F)(F)F)cc2)n(C)n1. The van der Waals surface area contributed by atoms with Crippen LogP contribution in [0.3, 0.4) is 0 Å². The fourth-order valence-corrected chi connectivity index (χ4v) is 3.85. The summed E-state index contributed by atoms with van der Waals surface area (Å²) in [7, 11) is 1.75. The molecule has 7 nitrogen and oxygen atoms in total. The molecule has 2 aromatic carbocycles. The number of nitrogens with one attached hydrogen (secondary N) is 1. The average molecular weight is 486 g/mol. The molecule has 3 aromatic rings. The first-order valence-corrected chi connectivity index (χ1v) is 11.1. The Morgan fingerprint density at radius 3 is 2.60 bits per heavy atom. The Hall–Kier alpha value is -3.82. The van der Waals surface area contributed by atoms with E-state index in [-0.39, 0.29) is 19.1 Å². The molecule has 184 valence electrons. The lowest BCUT2D eigenvalue weighted by molar-refractivity contribution is -0.137. The molecule has 0 fully saturated rings. The Morgan fingerprint density at radius 2 is 1.91 bits per heavy atom. The number of carbonyl (C=O) groups is 1. The van der Waals surface area contributed by atoms with Crippen molar-refractivity contribution >= 4 is 17.4 Å². The summed E-state index contributed by atoms with van der Waals surface area (Å²) in [6.07, 6.45) is -1.92. The van der Waals surface area contributed by atoms with Crippen LogP contribution in [0.4, 0.5) is 19.0 Å². The lowest BCUT2D eigenvalue weighted by Crippen LogP contribution is -2.21. The van der Waals surface area contributed by atoms with Crippen molar-refractivity contribution in [2.75, 3.05) is 11.9 Å². The topological polar surface area (TPSA) is 77.7 Å². The first-order chi connectivity index (χ1) is 16.7. The fraction of sp³-hybridized carbons (Fsp3) is 0.320. The number of carbonyl (C=O) groups excluding carboxylic acids is 1. The fourth-order valence-electron chi connectivity index (χ4n) is 3.85. The minimum Gasteiger partial charge on any atom is -0.484 e. The van der Waals surface area contributed by atoms with E-state index in [4.69, 9.17) is 9.57 Å². The number of oxime groups is 1. The van der Waals surface area contributed by atoms with Crippen molar-refractivity contribution in [1.82, 2.24) is 9.78 Å². The van der Waals surface area contributed by atoms with Gasteiger partial charge in [0.1, 0.15) is 18.2 Å². The van der Waals surface area contributed by atoms with Crippen LogP contribution in [0.1, 0.15) is 40.8 Å². The molecule has 0 radical (unpaired) electrons. The van der Waals surface area contributed by atoms with E-state index in [2.05, 4.69) is 15.6 Å². The second-order valence-electron chi connectivity index (χ2n) is 8.31. The largest absolute Gasteiger partial charge is 0.484 e. The smallest absolute Gasteiger partial charge is 0.416 e. The summed E-state index contributed by atoms with van der Waals surface area (Å²) in [6, 6.07) is 12.1. The van der Waals surface area contributed by atoms with E-state index >= 15 is 0 Å². The Morgan fingerprint density at radius 1 is 1.14 bits per heavy atom. The van der Waals surface area contributed by atoms with Crippen LogP contribution in [0.25, 0.3) is 0 Å². The van der Waals surface area contributed by atoms with Crippen molar-refractivity contribution in [1.29, 1.82) is 0 Å². The lowest BCUT2D eigenvalue weighted by atomic mass is 9.90. The van der Waals surface area contributed by atoms with Crippen LogP contribution < -0.4 is 10.1 Å². The van der Waals surface area contributed by atoms with Gasteiger partial charge >= 0.3 is 6.18 Å². The second-order valence-corrected chi connectivity index (χ2v) is 8.31. The molecule has 0 saturated carbocycles. The van der Waals surface area contributed by atoms with Crippen LogP contribution in [0.2, 0.25) is 0 Å². The van der Waals surface area contributed by atoms with Gasteiger partial charge < -0.3 is 14.9 Å². The zero-order chi connectivity index (χ0) is 25.0. The molecule has 1 heterocycles. The Balaban J connectivity index is 1.34. The summed E-state index contributed by atoms with van der Waals surface area (Å²) in [5.74, 6) is 0.885. The normalized spacial score (nSPS) is 14.5. The Labute approximate surface area is 200 Å². The zero-order valence-electron chi connectivity index (χ0n) is 19.4. The molecule has 1 aliphatic carbocycles. The van der Waals surface area contributed by atoms with Gasteiger partial charge in [-0.2, -0.15) is 18.3 Å². The molecule has 35 heavy (non-hydrogen) atoms. The number of aryl methyl sites for hydroxylation is 3. The molecule has 1 amide bonds. The van der Waals surface area contributed by atoms with Crippen molar-refractivity contribution in [3.63, 3.8) is 0 Å². The molecular weight excluding hydrogens is 461 g/mol. The molecule has 0 saturated heterocycles. The van der Waals surface area contributed by atoms with Crippen molar-refractivity contribution in [2.45, 2.75) is 39.0 Å². The number of hydrogen-bond donors (Lipinski definition) is 1. The molecule has 1 aromatic heterocycles. The molecule has 0 bridgehead atoms. The first kappa shape index (κ1) is 24.3. The number of amides is 1. The number of hydrogen-bond acceptors (Lipinski definition) is 5. The van der Waals surface area contributed by atoms with E-state index < -0.39 is 11.7 Å².